The highest BCUT2D eigenvalue weighted by atomic mass is 16.5. The molecule has 2 aromatic rings. The van der Waals surface area contributed by atoms with Gasteiger partial charge in [-0.25, -0.2) is 0 Å². The molecule has 4 rings (SSSR count). The molecule has 2 aliphatic heterocycles. The number of hydrogen-bond donors (Lipinski definition) is 1. The lowest BCUT2D eigenvalue weighted by Crippen LogP contribution is -2.40. The molecule has 2 fully saturated rings. The van der Waals surface area contributed by atoms with Gasteiger partial charge in [0, 0.05) is 18.0 Å². The number of nitrogens with one attached hydrogen (secondary N) is 1. The van der Waals surface area contributed by atoms with E-state index in [1.807, 2.05) is 30.3 Å². The zero-order valence-electron chi connectivity index (χ0n) is 12.8. The van der Waals surface area contributed by atoms with Crippen molar-refractivity contribution in [3.8, 4) is 5.75 Å². The van der Waals surface area contributed by atoms with Crippen LogP contribution in [-0.4, -0.2) is 25.0 Å². The van der Waals surface area contributed by atoms with Crippen LogP contribution in [-0.2, 0) is 0 Å². The van der Waals surface area contributed by atoms with Gasteiger partial charge in [-0.2, -0.15) is 0 Å². The molecule has 114 valence electrons. The highest BCUT2D eigenvalue weighted by Gasteiger charge is 2.37. The van der Waals surface area contributed by atoms with Gasteiger partial charge in [-0.05, 0) is 42.5 Å². The number of piperidine rings is 1. The fourth-order valence-electron chi connectivity index (χ4n) is 4.15. The van der Waals surface area contributed by atoms with Gasteiger partial charge in [0.1, 0.15) is 5.75 Å². The third kappa shape index (κ3) is 2.20. The van der Waals surface area contributed by atoms with Gasteiger partial charge in [0.15, 0.2) is 5.78 Å². The first-order valence-corrected chi connectivity index (χ1v) is 8.12. The summed E-state index contributed by atoms with van der Waals surface area (Å²) in [5.74, 6) is 1.08. The van der Waals surface area contributed by atoms with Gasteiger partial charge in [0.05, 0.1) is 12.7 Å². The summed E-state index contributed by atoms with van der Waals surface area (Å²) in [5.41, 5.74) is 0.770. The van der Waals surface area contributed by atoms with Crippen molar-refractivity contribution in [2.75, 3.05) is 7.11 Å². The van der Waals surface area contributed by atoms with E-state index in [1.54, 1.807) is 7.11 Å². The number of hydrogen-bond acceptors (Lipinski definition) is 3. The predicted octanol–water partition coefficient (Wildman–Crippen LogP) is 3.56. The third-order valence-corrected chi connectivity index (χ3v) is 5.20. The fourth-order valence-corrected chi connectivity index (χ4v) is 4.15. The van der Waals surface area contributed by atoms with Gasteiger partial charge in [0.25, 0.3) is 0 Å². The molecule has 2 atom stereocenters. The van der Waals surface area contributed by atoms with Gasteiger partial charge in [0.2, 0.25) is 0 Å². The monoisotopic (exact) mass is 295 g/mol. The minimum Gasteiger partial charge on any atom is -0.496 e. The molecule has 2 heterocycles. The van der Waals surface area contributed by atoms with Crippen LogP contribution in [0.3, 0.4) is 0 Å². The van der Waals surface area contributed by atoms with Crippen LogP contribution in [0.1, 0.15) is 36.0 Å². The molecule has 2 aromatic carbocycles. The standard InChI is InChI=1S/C19H21NO2/c1-22-17-9-6-12-4-2-3-5-16(12)18(17)19(21)13-10-14-7-8-15(11-13)20-14/h2-6,9,13-15,20H,7-8,10-11H2,1H3. The second-order valence-corrected chi connectivity index (χ2v) is 6.53. The van der Waals surface area contributed by atoms with Gasteiger partial charge in [-0.3, -0.25) is 4.79 Å². The number of carbonyl (C=O) groups is 1. The van der Waals surface area contributed by atoms with E-state index in [-0.39, 0.29) is 11.7 Å². The summed E-state index contributed by atoms with van der Waals surface area (Å²) in [6, 6.07) is 13.1. The van der Waals surface area contributed by atoms with Crippen LogP contribution in [0.4, 0.5) is 0 Å². The number of carbonyl (C=O) groups excluding carboxylic acids is 1. The van der Waals surface area contributed by atoms with Crippen molar-refractivity contribution in [3.63, 3.8) is 0 Å². The molecule has 3 nitrogen and oxygen atoms in total. The first-order chi connectivity index (χ1) is 10.8. The van der Waals surface area contributed by atoms with E-state index < -0.39 is 0 Å². The van der Waals surface area contributed by atoms with E-state index >= 15 is 0 Å². The smallest absolute Gasteiger partial charge is 0.170 e. The first-order valence-electron chi connectivity index (χ1n) is 8.12. The Kier molecular flexibility index (Phi) is 3.38. The van der Waals surface area contributed by atoms with E-state index in [2.05, 4.69) is 11.4 Å². The van der Waals surface area contributed by atoms with Crippen molar-refractivity contribution in [3.05, 3.63) is 42.0 Å². The number of rotatable bonds is 3. The Morgan fingerprint density at radius 1 is 1.09 bits per heavy atom. The van der Waals surface area contributed by atoms with Crippen LogP contribution >= 0.6 is 0 Å². The molecule has 0 spiro atoms. The molecule has 0 aliphatic carbocycles. The van der Waals surface area contributed by atoms with Crippen LogP contribution in [0.15, 0.2) is 36.4 Å². The molecule has 0 aromatic heterocycles. The second-order valence-electron chi connectivity index (χ2n) is 6.53. The van der Waals surface area contributed by atoms with Crippen molar-refractivity contribution in [1.29, 1.82) is 0 Å². The lowest BCUT2D eigenvalue weighted by Gasteiger charge is -2.28. The van der Waals surface area contributed by atoms with E-state index in [0.717, 1.165) is 29.2 Å². The number of ketones is 1. The number of fused-ring (bicyclic) bond motifs is 3. The third-order valence-electron chi connectivity index (χ3n) is 5.20. The Morgan fingerprint density at radius 2 is 1.82 bits per heavy atom. The highest BCUT2D eigenvalue weighted by Crippen LogP contribution is 2.37. The molecular weight excluding hydrogens is 274 g/mol. The van der Waals surface area contributed by atoms with Gasteiger partial charge in [-0.1, -0.05) is 30.3 Å². The quantitative estimate of drug-likeness (QED) is 0.880. The Labute approximate surface area is 130 Å². The summed E-state index contributed by atoms with van der Waals surface area (Å²) in [5, 5.41) is 5.72. The van der Waals surface area contributed by atoms with Crippen molar-refractivity contribution < 1.29 is 9.53 Å². The van der Waals surface area contributed by atoms with Crippen molar-refractivity contribution >= 4 is 16.6 Å². The highest BCUT2D eigenvalue weighted by molar-refractivity contribution is 6.11. The minimum atomic E-state index is 0.124. The van der Waals surface area contributed by atoms with Crippen LogP contribution in [0.2, 0.25) is 0 Å². The maximum absolute atomic E-state index is 13.2. The summed E-state index contributed by atoms with van der Waals surface area (Å²) in [7, 11) is 1.65. The van der Waals surface area contributed by atoms with E-state index in [0.29, 0.717) is 17.8 Å². The second kappa shape index (κ2) is 5.40. The van der Waals surface area contributed by atoms with Crippen molar-refractivity contribution in [1.82, 2.24) is 5.32 Å². The maximum atomic E-state index is 13.2. The van der Waals surface area contributed by atoms with E-state index in [1.165, 1.54) is 12.8 Å². The minimum absolute atomic E-state index is 0.124. The van der Waals surface area contributed by atoms with Crippen LogP contribution < -0.4 is 10.1 Å². The van der Waals surface area contributed by atoms with Crippen LogP contribution in [0, 0.1) is 5.92 Å². The molecule has 22 heavy (non-hydrogen) atoms. The van der Waals surface area contributed by atoms with Crippen LogP contribution in [0.25, 0.3) is 10.8 Å². The summed E-state index contributed by atoms with van der Waals surface area (Å²) < 4.78 is 5.50. The molecule has 2 aliphatic rings. The molecule has 0 amide bonds. The van der Waals surface area contributed by atoms with Crippen molar-refractivity contribution in [2.24, 2.45) is 5.92 Å². The molecule has 0 saturated carbocycles. The first kappa shape index (κ1) is 13.8. The Bertz CT molecular complexity index is 712. The predicted molar refractivity (Wildman–Crippen MR) is 87.5 cm³/mol. The Morgan fingerprint density at radius 3 is 2.55 bits per heavy atom. The van der Waals surface area contributed by atoms with Gasteiger partial charge in [-0.15, -0.1) is 0 Å². The Hall–Kier alpha value is -1.87. The van der Waals surface area contributed by atoms with Gasteiger partial charge >= 0.3 is 0 Å². The topological polar surface area (TPSA) is 38.3 Å². The Balaban J connectivity index is 1.77. The SMILES string of the molecule is COc1ccc2ccccc2c1C(=O)C1CC2CCC(C1)N2. The van der Waals surface area contributed by atoms with E-state index in [9.17, 15) is 4.79 Å². The van der Waals surface area contributed by atoms with Crippen molar-refractivity contribution in [2.45, 2.75) is 37.8 Å². The lowest BCUT2D eigenvalue weighted by molar-refractivity contribution is 0.0874. The molecule has 2 unspecified atom stereocenters. The zero-order valence-corrected chi connectivity index (χ0v) is 12.8. The number of Topliss-reactive ketones (excluding diaryl/α,β-unsaturated/α-hetero) is 1. The maximum Gasteiger partial charge on any atom is 0.170 e. The number of benzene rings is 2. The molecule has 1 N–H and O–H groups in total. The molecule has 3 heteroatoms. The normalized spacial score (nSPS) is 27.0. The fraction of sp³-hybridized carbons (Fsp3) is 0.421. The largest absolute Gasteiger partial charge is 0.496 e. The number of methoxy groups -OCH3 is 1. The summed E-state index contributed by atoms with van der Waals surface area (Å²) in [6.45, 7) is 0. The molecular formula is C19H21NO2. The van der Waals surface area contributed by atoms with Crippen LogP contribution in [0.5, 0.6) is 5.75 Å². The zero-order chi connectivity index (χ0) is 15.1. The average Bonchev–Trinajstić information content (AvgIpc) is 2.91. The summed E-state index contributed by atoms with van der Waals surface area (Å²) >= 11 is 0. The molecule has 2 saturated heterocycles. The average molecular weight is 295 g/mol. The lowest BCUT2D eigenvalue weighted by atomic mass is 9.84. The molecule has 2 bridgehead atoms. The number of ether oxygens (including phenoxy) is 1. The summed E-state index contributed by atoms with van der Waals surface area (Å²) in [6.07, 6.45) is 4.34. The van der Waals surface area contributed by atoms with Gasteiger partial charge < -0.3 is 10.1 Å². The summed E-state index contributed by atoms with van der Waals surface area (Å²) in [4.78, 5) is 13.2. The van der Waals surface area contributed by atoms with E-state index in [4.69, 9.17) is 4.74 Å². The molecule has 0 radical (unpaired) electrons.